The Kier molecular flexibility index (Phi) is 16.7. The van der Waals surface area contributed by atoms with E-state index in [9.17, 15) is 57.5 Å². The molecule has 0 spiro atoms. The number of aromatic nitrogens is 6. The van der Waals surface area contributed by atoms with Crippen LogP contribution in [0.1, 0.15) is 36.4 Å². The highest BCUT2D eigenvalue weighted by Crippen LogP contribution is 2.46. The summed E-state index contributed by atoms with van der Waals surface area (Å²) in [4.78, 5) is 91.8. The third kappa shape index (κ3) is 12.8. The average molecular weight is 1030 g/mol. The molecule has 2 unspecified atom stereocenters. The van der Waals surface area contributed by atoms with Crippen LogP contribution in [0.25, 0.3) is 21.8 Å². The van der Waals surface area contributed by atoms with E-state index >= 15 is 0 Å². The van der Waals surface area contributed by atoms with Crippen molar-refractivity contribution in [3.63, 3.8) is 0 Å². The van der Waals surface area contributed by atoms with E-state index in [-0.39, 0.29) is 31.7 Å². The second-order valence-electron chi connectivity index (χ2n) is 16.1. The van der Waals surface area contributed by atoms with Gasteiger partial charge in [0.05, 0.1) is 39.7 Å². The van der Waals surface area contributed by atoms with Crippen molar-refractivity contribution in [2.75, 3.05) is 33.2 Å². The van der Waals surface area contributed by atoms with Crippen LogP contribution in [-0.4, -0.2) is 125 Å². The van der Waals surface area contributed by atoms with Gasteiger partial charge in [-0.1, -0.05) is 36.4 Å². The molecule has 0 radical (unpaired) electrons. The van der Waals surface area contributed by atoms with Gasteiger partial charge in [-0.2, -0.15) is 9.37 Å². The number of anilines is 1. The van der Waals surface area contributed by atoms with E-state index < -0.39 is 106 Å². The number of methoxy groups -OCH3 is 2. The standard InChI is InChI=1S/C21H24FN4O8P.C21H25N4O10P/c1-32-20(28)17(8-12-9-23-16-5-3-2-4-14(12)16)25-35(30,31)33-11-13-6-7-18(34-13)26-10-15(22)19(27)24-21(26)29;1-32-20(28)14(8-11-9-23-13-5-3-2-4-12(11)13)35-36(30,31)33-10-15-17(26)18(27)19(34-15)25-7-6-16(22)24-21(25)29/h2-5,9-10,13,17-18,23H,6-8,11H2,1H3,(H,24,27,29)(H2,25,30,31);2-7,9,14-15,17-19,23,26-27H,8,10H2,1H3,(H,30,31)(H2,22,24,29)/t13-,17-,18+;14-,15+,17+,18-,19+/m00/s1. The fourth-order valence-corrected chi connectivity index (χ4v) is 9.73. The lowest BCUT2D eigenvalue weighted by Crippen LogP contribution is -2.38. The van der Waals surface area contributed by atoms with Gasteiger partial charge >= 0.3 is 38.9 Å². The fourth-order valence-electron chi connectivity index (χ4n) is 7.82. The van der Waals surface area contributed by atoms with Crippen LogP contribution in [0.15, 0.2) is 93.8 Å². The van der Waals surface area contributed by atoms with E-state index in [2.05, 4.69) is 20.0 Å². The molecule has 26 nitrogen and oxygen atoms in total. The van der Waals surface area contributed by atoms with Crippen LogP contribution in [0, 0.1) is 5.82 Å². The summed E-state index contributed by atoms with van der Waals surface area (Å²) in [5.74, 6) is -2.83. The van der Waals surface area contributed by atoms with Gasteiger partial charge in [0.1, 0.15) is 36.4 Å². The number of aromatic amines is 3. The van der Waals surface area contributed by atoms with Crippen molar-refractivity contribution in [3.05, 3.63) is 128 Å². The van der Waals surface area contributed by atoms with Gasteiger partial charge in [-0.3, -0.25) is 37.3 Å². The second kappa shape index (κ2) is 22.5. The number of rotatable bonds is 18. The zero-order valence-corrected chi connectivity index (χ0v) is 39.4. The van der Waals surface area contributed by atoms with Gasteiger partial charge in [-0.05, 0) is 42.2 Å². The number of nitrogens with two attached hydrogens (primary N) is 1. The summed E-state index contributed by atoms with van der Waals surface area (Å²) in [5, 5.41) is 24.6. The number of hydrogen-bond donors (Lipinski definition) is 9. The molecule has 2 aliphatic heterocycles. The van der Waals surface area contributed by atoms with E-state index in [0.29, 0.717) is 12.0 Å². The summed E-state index contributed by atoms with van der Waals surface area (Å²) < 4.78 is 76.5. The normalized spacial score (nSPS) is 22.5. The van der Waals surface area contributed by atoms with Crippen LogP contribution < -0.4 is 27.8 Å². The number of fused-ring (bicyclic) bond motifs is 2. The SMILES string of the molecule is COC(=O)[C@H](Cc1c[nH]c2ccccc12)NP(=O)(O)OC[C@@H]1CC[C@H](n2cc(F)c(=O)[nH]c2=O)O1.COC(=O)[C@H](Cc1c[nH]c2ccccc12)OP(=O)(O)OC[C@H]1O[C@@H](n2ccc(N)nc2=O)[C@@H](O)[C@@H]1O. The van der Waals surface area contributed by atoms with Crippen molar-refractivity contribution in [1.82, 2.24) is 34.2 Å². The highest BCUT2D eigenvalue weighted by atomic mass is 31.2. The monoisotopic (exact) mass is 1030 g/mol. The number of carbonyl (C=O) groups is 2. The molecule has 2 saturated heterocycles. The lowest BCUT2D eigenvalue weighted by Gasteiger charge is -2.21. The Morgan fingerprint density at radius 3 is 2.14 bits per heavy atom. The summed E-state index contributed by atoms with van der Waals surface area (Å²) in [6.07, 6.45) is -2.96. The minimum absolute atomic E-state index is 0.0460. The first kappa shape index (κ1) is 52.6. The van der Waals surface area contributed by atoms with Crippen molar-refractivity contribution < 1.29 is 75.6 Å². The number of H-pyrrole nitrogens is 3. The van der Waals surface area contributed by atoms with Crippen molar-refractivity contribution >= 4 is 55.1 Å². The Bertz CT molecular complexity index is 3140. The van der Waals surface area contributed by atoms with E-state index in [1.165, 1.54) is 19.4 Å². The lowest BCUT2D eigenvalue weighted by molar-refractivity contribution is -0.150. The number of esters is 2. The highest BCUT2D eigenvalue weighted by molar-refractivity contribution is 7.50. The van der Waals surface area contributed by atoms with Gasteiger partial charge in [0.25, 0.3) is 5.56 Å². The predicted molar refractivity (Wildman–Crippen MR) is 245 cm³/mol. The van der Waals surface area contributed by atoms with E-state index in [4.69, 9.17) is 38.3 Å². The quantitative estimate of drug-likeness (QED) is 0.0431. The molecular weight excluding hydrogens is 985 g/mol. The van der Waals surface area contributed by atoms with Crippen LogP contribution in [0.3, 0.4) is 0 Å². The third-order valence-corrected chi connectivity index (χ3v) is 13.5. The Hall–Kier alpha value is -6.19. The number of aliphatic hydroxyl groups is 2. The minimum Gasteiger partial charge on any atom is -0.468 e. The van der Waals surface area contributed by atoms with Crippen molar-refractivity contribution in [2.24, 2.45) is 0 Å². The molecule has 0 bridgehead atoms. The van der Waals surface area contributed by atoms with Gasteiger partial charge in [0, 0.05) is 53.2 Å². The maximum atomic E-state index is 13.6. The molecule has 8 rings (SSSR count). The van der Waals surface area contributed by atoms with Gasteiger partial charge in [-0.25, -0.2) is 28.6 Å². The zero-order valence-electron chi connectivity index (χ0n) is 37.6. The van der Waals surface area contributed by atoms with Gasteiger partial charge < -0.3 is 54.6 Å². The fraction of sp³-hybridized carbons (Fsp3) is 0.381. The topological polar surface area (TPSA) is 373 Å². The molecule has 382 valence electrons. The molecule has 2 aromatic carbocycles. The van der Waals surface area contributed by atoms with Crippen molar-refractivity contribution in [3.8, 4) is 0 Å². The number of ether oxygens (including phenoxy) is 4. The summed E-state index contributed by atoms with van der Waals surface area (Å²) >= 11 is 0. The number of phosphoric ester groups is 1. The smallest absolute Gasteiger partial charge is 0.468 e. The molecule has 0 saturated carbocycles. The molecule has 10 N–H and O–H groups in total. The largest absolute Gasteiger partial charge is 0.473 e. The van der Waals surface area contributed by atoms with E-state index in [0.717, 1.165) is 49.8 Å². The Balaban J connectivity index is 0.000000209. The minimum atomic E-state index is -4.88. The molecule has 0 amide bonds. The van der Waals surface area contributed by atoms with Gasteiger partial charge in [-0.15, -0.1) is 0 Å². The number of nitrogen functional groups attached to an aromatic ring is 1. The predicted octanol–water partition coefficient (Wildman–Crippen LogP) is 1.17. The number of nitrogens with zero attached hydrogens (tertiary/aromatic N) is 3. The number of para-hydroxylation sites is 2. The van der Waals surface area contributed by atoms with Crippen molar-refractivity contribution in [2.45, 2.75) is 74.7 Å². The van der Waals surface area contributed by atoms with E-state index in [1.54, 1.807) is 18.5 Å². The summed E-state index contributed by atoms with van der Waals surface area (Å²) in [7, 11) is -7.09. The van der Waals surface area contributed by atoms with Crippen LogP contribution in [0.4, 0.5) is 10.2 Å². The molecule has 10 atom stereocenters. The first-order chi connectivity index (χ1) is 33.8. The first-order valence-electron chi connectivity index (χ1n) is 21.5. The number of carbonyl (C=O) groups excluding carboxylic acids is 2. The number of hydrogen-bond acceptors (Lipinski definition) is 18. The molecule has 6 aromatic rings. The number of benzene rings is 2. The number of aliphatic hydroxyl groups excluding tert-OH is 2. The molecule has 29 heteroatoms. The highest BCUT2D eigenvalue weighted by Gasteiger charge is 2.46. The Morgan fingerprint density at radius 1 is 0.873 bits per heavy atom. The zero-order chi connectivity index (χ0) is 51.2. The Labute approximate surface area is 399 Å². The maximum absolute atomic E-state index is 13.6. The molecule has 71 heavy (non-hydrogen) atoms. The van der Waals surface area contributed by atoms with Crippen LogP contribution >= 0.6 is 15.6 Å². The van der Waals surface area contributed by atoms with Crippen LogP contribution in [-0.2, 0) is 64.1 Å². The maximum Gasteiger partial charge on any atom is 0.473 e. The van der Waals surface area contributed by atoms with Crippen LogP contribution in [0.2, 0.25) is 0 Å². The summed E-state index contributed by atoms with van der Waals surface area (Å²) in [6, 6.07) is 14.8. The average Bonchev–Trinajstić information content (AvgIpc) is 4.15. The molecule has 2 fully saturated rings. The number of phosphoric acid groups is 1. The number of nitrogens with one attached hydrogen (secondary N) is 4. The van der Waals surface area contributed by atoms with Gasteiger partial charge in [0.2, 0.25) is 5.82 Å². The second-order valence-corrected chi connectivity index (χ2v) is 19.0. The molecule has 0 aliphatic carbocycles. The first-order valence-corrected chi connectivity index (χ1v) is 24.5. The molecular formula is C42H49FN8O18P2. The van der Waals surface area contributed by atoms with Crippen LogP contribution in [0.5, 0.6) is 0 Å². The Morgan fingerprint density at radius 2 is 1.51 bits per heavy atom. The molecule has 6 heterocycles. The molecule has 2 aliphatic rings. The lowest BCUT2D eigenvalue weighted by atomic mass is 10.1. The van der Waals surface area contributed by atoms with Crippen molar-refractivity contribution in [1.29, 1.82) is 0 Å². The third-order valence-electron chi connectivity index (χ3n) is 11.3. The summed E-state index contributed by atoms with van der Waals surface area (Å²) in [6.45, 7) is -1.04. The number of halogens is 1. The molecule has 4 aromatic heterocycles. The van der Waals surface area contributed by atoms with Gasteiger partial charge in [0.15, 0.2) is 12.3 Å². The summed E-state index contributed by atoms with van der Waals surface area (Å²) in [5.41, 5.74) is 5.68. The van der Waals surface area contributed by atoms with E-state index in [1.807, 2.05) is 47.4 Å².